The number of fused-ring (bicyclic) bond motifs is 5. The van der Waals surface area contributed by atoms with Gasteiger partial charge in [0, 0.05) is 17.5 Å². The zero-order valence-corrected chi connectivity index (χ0v) is 19.5. The van der Waals surface area contributed by atoms with Crippen LogP contribution in [0.2, 0.25) is 0 Å². The highest BCUT2D eigenvalue weighted by Crippen LogP contribution is 2.61. The fourth-order valence-electron chi connectivity index (χ4n) is 6.23. The molecule has 0 heterocycles. The summed E-state index contributed by atoms with van der Waals surface area (Å²) in [5, 5.41) is 8.16. The monoisotopic (exact) mass is 446 g/mol. The van der Waals surface area contributed by atoms with Gasteiger partial charge in [0.2, 0.25) is 5.91 Å². The average molecular weight is 447 g/mol. The van der Waals surface area contributed by atoms with Gasteiger partial charge >= 0.3 is 10.3 Å². The smallest absolute Gasteiger partial charge is 0.371 e. The van der Waals surface area contributed by atoms with Crippen molar-refractivity contribution in [3.05, 3.63) is 41.0 Å². The Morgan fingerprint density at radius 3 is 2.81 bits per heavy atom. The van der Waals surface area contributed by atoms with Crippen LogP contribution in [0.4, 0.5) is 0 Å². The molecular formula is C24H34N2O4S. The van der Waals surface area contributed by atoms with Crippen molar-refractivity contribution < 1.29 is 17.4 Å². The third-order valence-corrected chi connectivity index (χ3v) is 8.17. The Kier molecular flexibility index (Phi) is 5.94. The highest BCUT2D eigenvalue weighted by atomic mass is 32.2. The molecule has 0 saturated heterocycles. The maximum absolute atomic E-state index is 12.9. The van der Waals surface area contributed by atoms with Gasteiger partial charge in [-0.25, -0.2) is 0 Å². The summed E-state index contributed by atoms with van der Waals surface area (Å²) in [4.78, 5) is 12.9. The molecule has 3 aliphatic carbocycles. The van der Waals surface area contributed by atoms with Gasteiger partial charge in [0.1, 0.15) is 5.75 Å². The molecule has 1 aromatic carbocycles. The van der Waals surface area contributed by atoms with Crippen LogP contribution in [0.3, 0.4) is 0 Å². The van der Waals surface area contributed by atoms with Gasteiger partial charge in [-0.05, 0) is 85.5 Å². The van der Waals surface area contributed by atoms with Crippen LogP contribution in [0.5, 0.6) is 5.75 Å². The molecule has 0 aliphatic heterocycles. The first-order valence-electron chi connectivity index (χ1n) is 11.4. The number of nitrogens with two attached hydrogens (primary N) is 1. The normalized spacial score (nSPS) is 29.6. The quantitative estimate of drug-likeness (QED) is 0.694. The molecule has 3 aliphatic rings. The maximum atomic E-state index is 12.9. The fourth-order valence-corrected chi connectivity index (χ4v) is 6.61. The number of hydrogen-bond acceptors (Lipinski definition) is 4. The molecule has 1 aromatic rings. The van der Waals surface area contributed by atoms with Gasteiger partial charge in [-0.1, -0.05) is 32.9 Å². The Balaban J connectivity index is 1.50. The van der Waals surface area contributed by atoms with E-state index in [-0.39, 0.29) is 17.1 Å². The summed E-state index contributed by atoms with van der Waals surface area (Å²) in [6.07, 6.45) is 8.13. The lowest BCUT2D eigenvalue weighted by atomic mass is 9.54. The van der Waals surface area contributed by atoms with Gasteiger partial charge in [0.25, 0.3) is 0 Å². The van der Waals surface area contributed by atoms with Crippen LogP contribution < -0.4 is 14.6 Å². The molecule has 0 spiro atoms. The third kappa shape index (κ3) is 4.40. The van der Waals surface area contributed by atoms with Gasteiger partial charge in [-0.15, -0.1) is 0 Å². The van der Waals surface area contributed by atoms with Crippen molar-refractivity contribution in [3.63, 3.8) is 0 Å². The van der Waals surface area contributed by atoms with Crippen LogP contribution in [0.15, 0.2) is 29.8 Å². The molecule has 1 saturated carbocycles. The molecule has 1 fully saturated rings. The van der Waals surface area contributed by atoms with E-state index in [9.17, 15) is 13.2 Å². The van der Waals surface area contributed by atoms with Gasteiger partial charge in [-0.2, -0.15) is 13.6 Å². The van der Waals surface area contributed by atoms with Crippen molar-refractivity contribution in [2.24, 2.45) is 28.3 Å². The number of aryl methyl sites for hydroxylation is 1. The van der Waals surface area contributed by atoms with E-state index in [1.54, 1.807) is 6.07 Å². The number of amides is 1. The van der Waals surface area contributed by atoms with E-state index in [4.69, 9.17) is 9.32 Å². The second-order valence-electron chi connectivity index (χ2n) is 10.1. The number of benzene rings is 1. The maximum Gasteiger partial charge on any atom is 0.380 e. The lowest BCUT2D eigenvalue weighted by Crippen LogP contribution is -2.44. The number of allylic oxidation sites excluding steroid dienone is 1. The molecule has 7 heteroatoms. The predicted octanol–water partition coefficient (Wildman–Crippen LogP) is 3.82. The zero-order chi connectivity index (χ0) is 22.4. The molecule has 3 N–H and O–H groups in total. The van der Waals surface area contributed by atoms with Crippen molar-refractivity contribution in [1.82, 2.24) is 5.32 Å². The fraction of sp³-hybridized carbons (Fsp3) is 0.625. The number of carbonyl (C=O) groups excluding carboxylic acids is 1. The summed E-state index contributed by atoms with van der Waals surface area (Å²) < 4.78 is 27.4. The molecular weight excluding hydrogens is 412 g/mol. The minimum atomic E-state index is -4.02. The molecule has 4 rings (SSSR count). The Hall–Kier alpha value is -1.86. The molecule has 3 unspecified atom stereocenters. The largest absolute Gasteiger partial charge is 0.380 e. The van der Waals surface area contributed by atoms with E-state index >= 15 is 0 Å². The molecule has 0 radical (unpaired) electrons. The molecule has 4 atom stereocenters. The highest BCUT2D eigenvalue weighted by Gasteiger charge is 2.53. The Bertz CT molecular complexity index is 1000. The molecule has 0 bridgehead atoms. The topological polar surface area (TPSA) is 98.5 Å². The van der Waals surface area contributed by atoms with Crippen LogP contribution >= 0.6 is 0 Å². The third-order valence-electron chi connectivity index (χ3n) is 7.74. The first kappa shape index (κ1) is 22.3. The van der Waals surface area contributed by atoms with Gasteiger partial charge in [0.05, 0.1) is 0 Å². The van der Waals surface area contributed by atoms with Crippen molar-refractivity contribution in [3.8, 4) is 5.75 Å². The minimum Gasteiger partial charge on any atom is -0.371 e. The van der Waals surface area contributed by atoms with Gasteiger partial charge < -0.3 is 9.50 Å². The summed E-state index contributed by atoms with van der Waals surface area (Å²) in [5.41, 5.74) is 3.39. The number of rotatable bonds is 6. The van der Waals surface area contributed by atoms with Crippen molar-refractivity contribution in [2.45, 2.75) is 65.2 Å². The van der Waals surface area contributed by atoms with Gasteiger partial charge in [0.15, 0.2) is 0 Å². The summed E-state index contributed by atoms with van der Waals surface area (Å²) in [6.45, 7) is 7.36. The molecule has 1 amide bonds. The van der Waals surface area contributed by atoms with E-state index in [0.717, 1.165) is 56.2 Å². The zero-order valence-electron chi connectivity index (χ0n) is 18.7. The predicted molar refractivity (Wildman–Crippen MR) is 121 cm³/mol. The van der Waals surface area contributed by atoms with Crippen molar-refractivity contribution in [2.75, 3.05) is 6.54 Å². The summed E-state index contributed by atoms with van der Waals surface area (Å²) in [5.74, 6) is 2.43. The summed E-state index contributed by atoms with van der Waals surface area (Å²) in [6, 6.07) is 5.54. The molecule has 31 heavy (non-hydrogen) atoms. The number of nitrogens with one attached hydrogen (secondary N) is 1. The lowest BCUT2D eigenvalue weighted by Gasteiger charge is -2.50. The lowest BCUT2D eigenvalue weighted by molar-refractivity contribution is -0.119. The Morgan fingerprint density at radius 2 is 2.10 bits per heavy atom. The van der Waals surface area contributed by atoms with Crippen LogP contribution in [0, 0.1) is 23.2 Å². The highest BCUT2D eigenvalue weighted by molar-refractivity contribution is 7.84. The standard InChI is InChI=1S/C24H34N2O4S/c1-15(2)11-13-26-23(27)22-9-8-21-20-6-4-16-14-17(30-31(25,28)29)5-7-18(16)19(20)10-12-24(21,22)3/h5,7,9,14-15,19-21H,4,6,8,10-13H2,1-3H3,(H,26,27)(H2,25,28,29)/t19?,20?,21?,24-/m0/s1. The SMILES string of the molecule is CC(C)CCNC(=O)C1=CCC2C3CCc4cc(OS(N)(=O)=O)ccc4C3CC[C@]12C. The summed E-state index contributed by atoms with van der Waals surface area (Å²) >= 11 is 0. The van der Waals surface area contributed by atoms with E-state index in [2.05, 4.69) is 32.2 Å². The first-order valence-corrected chi connectivity index (χ1v) is 12.9. The molecule has 170 valence electrons. The van der Waals surface area contributed by atoms with E-state index in [0.29, 0.717) is 23.7 Å². The van der Waals surface area contributed by atoms with Crippen molar-refractivity contribution >= 4 is 16.2 Å². The van der Waals surface area contributed by atoms with E-state index in [1.165, 1.54) is 5.56 Å². The van der Waals surface area contributed by atoms with Crippen LogP contribution in [-0.4, -0.2) is 20.9 Å². The first-order chi connectivity index (χ1) is 14.6. The van der Waals surface area contributed by atoms with Crippen molar-refractivity contribution in [1.29, 1.82) is 0 Å². The molecule has 0 aromatic heterocycles. The second kappa shape index (κ2) is 8.24. The summed E-state index contributed by atoms with van der Waals surface area (Å²) in [7, 11) is -4.02. The van der Waals surface area contributed by atoms with E-state index < -0.39 is 10.3 Å². The minimum absolute atomic E-state index is 0.0583. The van der Waals surface area contributed by atoms with Gasteiger partial charge in [-0.3, -0.25) is 4.79 Å². The number of hydrogen-bond donors (Lipinski definition) is 2. The average Bonchev–Trinajstić information content (AvgIpc) is 3.03. The van der Waals surface area contributed by atoms with Crippen LogP contribution in [0.1, 0.15) is 69.9 Å². The van der Waals surface area contributed by atoms with Crippen LogP contribution in [-0.2, 0) is 21.5 Å². The Morgan fingerprint density at radius 1 is 1.32 bits per heavy atom. The Labute approximate surface area is 185 Å². The van der Waals surface area contributed by atoms with E-state index in [1.807, 2.05) is 12.1 Å². The number of carbonyl (C=O) groups is 1. The van der Waals surface area contributed by atoms with Crippen LogP contribution in [0.25, 0.3) is 0 Å². The second-order valence-corrected chi connectivity index (χ2v) is 11.3. The molecule has 6 nitrogen and oxygen atoms in total.